The van der Waals surface area contributed by atoms with Crippen LogP contribution in [-0.4, -0.2) is 69.9 Å². The molecule has 1 unspecified atom stereocenters. The Bertz CT molecular complexity index is 1100. The molecule has 2 aliphatic heterocycles. The second-order valence-corrected chi connectivity index (χ2v) is 8.91. The SMILES string of the molecule is COc1ccc(C(=O)N2CCC(C(=O)N3CCCC(c4nc5ncccc5[nH]4)C3)CC2)cc1. The number of hydrogen-bond donors (Lipinski definition) is 1. The summed E-state index contributed by atoms with van der Waals surface area (Å²) in [6.45, 7) is 2.68. The van der Waals surface area contributed by atoms with E-state index in [1.165, 1.54) is 0 Å². The number of piperidine rings is 2. The number of fused-ring (bicyclic) bond motifs is 1. The van der Waals surface area contributed by atoms with Crippen LogP contribution in [0.25, 0.3) is 11.2 Å². The van der Waals surface area contributed by atoms with Gasteiger partial charge in [0.15, 0.2) is 5.65 Å². The molecule has 0 aliphatic carbocycles. The van der Waals surface area contributed by atoms with Crippen molar-refractivity contribution >= 4 is 23.0 Å². The molecule has 2 amide bonds. The summed E-state index contributed by atoms with van der Waals surface area (Å²) in [6, 6.07) is 11.1. The number of methoxy groups -OCH3 is 1. The number of H-pyrrole nitrogens is 1. The van der Waals surface area contributed by atoms with Crippen LogP contribution in [0.5, 0.6) is 5.75 Å². The van der Waals surface area contributed by atoms with Crippen molar-refractivity contribution in [3.05, 3.63) is 54.0 Å². The highest BCUT2D eigenvalue weighted by Gasteiger charge is 2.33. The Labute approximate surface area is 193 Å². The number of rotatable bonds is 4. The fraction of sp³-hybridized carbons (Fsp3) is 0.440. The van der Waals surface area contributed by atoms with Crippen LogP contribution in [0.2, 0.25) is 0 Å². The first-order chi connectivity index (χ1) is 16.1. The third-order valence-electron chi connectivity index (χ3n) is 6.86. The van der Waals surface area contributed by atoms with Gasteiger partial charge in [0, 0.05) is 49.8 Å². The van der Waals surface area contributed by atoms with Crippen molar-refractivity contribution in [1.82, 2.24) is 24.8 Å². The third-order valence-corrected chi connectivity index (χ3v) is 6.86. The number of nitrogens with zero attached hydrogens (tertiary/aromatic N) is 4. The zero-order valence-electron chi connectivity index (χ0n) is 18.9. The van der Waals surface area contributed by atoms with E-state index in [4.69, 9.17) is 4.74 Å². The van der Waals surface area contributed by atoms with Gasteiger partial charge in [0.05, 0.1) is 12.6 Å². The van der Waals surface area contributed by atoms with Crippen molar-refractivity contribution in [3.8, 4) is 5.75 Å². The number of benzene rings is 1. The molecule has 2 fully saturated rings. The van der Waals surface area contributed by atoms with Crippen LogP contribution in [0.4, 0.5) is 0 Å². The van der Waals surface area contributed by atoms with Gasteiger partial charge in [0.25, 0.3) is 5.91 Å². The molecule has 172 valence electrons. The monoisotopic (exact) mass is 447 g/mol. The molecule has 8 heteroatoms. The number of imidazole rings is 1. The molecule has 1 N–H and O–H groups in total. The summed E-state index contributed by atoms with van der Waals surface area (Å²) in [5, 5.41) is 0. The molecule has 0 radical (unpaired) electrons. The number of aromatic amines is 1. The van der Waals surface area contributed by atoms with E-state index in [1.807, 2.05) is 21.9 Å². The first-order valence-electron chi connectivity index (χ1n) is 11.6. The van der Waals surface area contributed by atoms with Gasteiger partial charge in [-0.2, -0.15) is 0 Å². The summed E-state index contributed by atoms with van der Waals surface area (Å²) in [5.74, 6) is 2.05. The molecule has 1 atom stereocenters. The van der Waals surface area contributed by atoms with Crippen molar-refractivity contribution in [2.75, 3.05) is 33.3 Å². The van der Waals surface area contributed by atoms with E-state index < -0.39 is 0 Å². The van der Waals surface area contributed by atoms with Crippen LogP contribution in [0.1, 0.15) is 47.8 Å². The fourth-order valence-corrected chi connectivity index (χ4v) is 4.96. The molecular weight excluding hydrogens is 418 g/mol. The number of pyridine rings is 1. The molecule has 2 aliphatic rings. The minimum absolute atomic E-state index is 0.0140. The first-order valence-corrected chi connectivity index (χ1v) is 11.6. The Kier molecular flexibility index (Phi) is 5.98. The second kappa shape index (κ2) is 9.21. The lowest BCUT2D eigenvalue weighted by Crippen LogP contribution is -2.47. The lowest BCUT2D eigenvalue weighted by Gasteiger charge is -2.37. The Hall–Kier alpha value is -3.42. The summed E-state index contributed by atoms with van der Waals surface area (Å²) in [4.78, 5) is 42.3. The molecule has 0 spiro atoms. The van der Waals surface area contributed by atoms with Crippen molar-refractivity contribution in [1.29, 1.82) is 0 Å². The van der Waals surface area contributed by atoms with Crippen molar-refractivity contribution in [2.45, 2.75) is 31.6 Å². The Morgan fingerprint density at radius 3 is 2.55 bits per heavy atom. The predicted octanol–water partition coefficient (Wildman–Crippen LogP) is 3.22. The number of hydrogen-bond acceptors (Lipinski definition) is 5. The van der Waals surface area contributed by atoms with Crippen molar-refractivity contribution < 1.29 is 14.3 Å². The van der Waals surface area contributed by atoms with Gasteiger partial charge in [-0.1, -0.05) is 0 Å². The van der Waals surface area contributed by atoms with E-state index in [-0.39, 0.29) is 23.7 Å². The van der Waals surface area contributed by atoms with E-state index in [1.54, 1.807) is 37.6 Å². The highest BCUT2D eigenvalue weighted by atomic mass is 16.5. The van der Waals surface area contributed by atoms with Crippen LogP contribution in [0.3, 0.4) is 0 Å². The Morgan fingerprint density at radius 1 is 1.03 bits per heavy atom. The lowest BCUT2D eigenvalue weighted by atomic mass is 9.91. The zero-order chi connectivity index (χ0) is 22.8. The summed E-state index contributed by atoms with van der Waals surface area (Å²) in [5.41, 5.74) is 2.31. The largest absolute Gasteiger partial charge is 0.497 e. The van der Waals surface area contributed by atoms with Crippen LogP contribution < -0.4 is 4.74 Å². The standard InChI is InChI=1S/C25H29N5O3/c1-33-20-8-6-17(7-9-20)24(31)29-14-10-18(11-15-29)25(32)30-13-3-4-19(16-30)22-27-21-5-2-12-26-23(21)28-22/h2,5-9,12,18-19H,3-4,10-11,13-16H2,1H3,(H,26,27,28). The van der Waals surface area contributed by atoms with E-state index in [0.717, 1.165) is 42.1 Å². The normalized spacial score (nSPS) is 19.6. The minimum atomic E-state index is -0.0268. The predicted molar refractivity (Wildman–Crippen MR) is 124 cm³/mol. The lowest BCUT2D eigenvalue weighted by molar-refractivity contribution is -0.138. The van der Waals surface area contributed by atoms with Gasteiger partial charge in [0.1, 0.15) is 11.6 Å². The summed E-state index contributed by atoms with van der Waals surface area (Å²) >= 11 is 0. The van der Waals surface area contributed by atoms with Gasteiger partial charge in [0.2, 0.25) is 5.91 Å². The zero-order valence-corrected chi connectivity index (χ0v) is 18.9. The molecular formula is C25H29N5O3. The molecule has 5 rings (SSSR count). The van der Waals surface area contributed by atoms with Crippen LogP contribution in [-0.2, 0) is 4.79 Å². The van der Waals surface area contributed by atoms with Crippen LogP contribution in [0, 0.1) is 5.92 Å². The molecule has 1 aromatic carbocycles. The number of carbonyl (C=O) groups is 2. The van der Waals surface area contributed by atoms with Crippen molar-refractivity contribution in [3.63, 3.8) is 0 Å². The maximum absolute atomic E-state index is 13.3. The number of amides is 2. The van der Waals surface area contributed by atoms with Gasteiger partial charge in [-0.3, -0.25) is 9.59 Å². The molecule has 0 saturated carbocycles. The minimum Gasteiger partial charge on any atom is -0.497 e. The Balaban J connectivity index is 1.18. The summed E-state index contributed by atoms with van der Waals surface area (Å²) in [7, 11) is 1.61. The quantitative estimate of drug-likeness (QED) is 0.663. The molecule has 2 saturated heterocycles. The van der Waals surface area contributed by atoms with Gasteiger partial charge in [-0.15, -0.1) is 0 Å². The van der Waals surface area contributed by atoms with Gasteiger partial charge in [-0.25, -0.2) is 9.97 Å². The van der Waals surface area contributed by atoms with Crippen molar-refractivity contribution in [2.24, 2.45) is 5.92 Å². The van der Waals surface area contributed by atoms with Gasteiger partial charge in [-0.05, 0) is 62.1 Å². The topological polar surface area (TPSA) is 91.4 Å². The first kappa shape index (κ1) is 21.4. The highest BCUT2D eigenvalue weighted by molar-refractivity contribution is 5.94. The molecule has 3 aromatic rings. The van der Waals surface area contributed by atoms with E-state index in [0.29, 0.717) is 38.0 Å². The summed E-state index contributed by atoms with van der Waals surface area (Å²) in [6.07, 6.45) is 5.14. The third kappa shape index (κ3) is 4.42. The smallest absolute Gasteiger partial charge is 0.253 e. The molecule has 0 bridgehead atoms. The maximum Gasteiger partial charge on any atom is 0.253 e. The van der Waals surface area contributed by atoms with E-state index >= 15 is 0 Å². The summed E-state index contributed by atoms with van der Waals surface area (Å²) < 4.78 is 5.17. The number of likely N-dealkylation sites (tertiary alicyclic amines) is 2. The van der Waals surface area contributed by atoms with Gasteiger partial charge >= 0.3 is 0 Å². The van der Waals surface area contributed by atoms with Crippen LogP contribution >= 0.6 is 0 Å². The second-order valence-electron chi connectivity index (χ2n) is 8.91. The molecule has 8 nitrogen and oxygen atoms in total. The maximum atomic E-state index is 13.3. The number of aromatic nitrogens is 3. The van der Waals surface area contributed by atoms with E-state index in [9.17, 15) is 9.59 Å². The fourth-order valence-electron chi connectivity index (χ4n) is 4.96. The molecule has 2 aromatic heterocycles. The number of ether oxygens (including phenoxy) is 1. The average molecular weight is 448 g/mol. The average Bonchev–Trinajstić information content (AvgIpc) is 3.33. The van der Waals surface area contributed by atoms with Crippen LogP contribution in [0.15, 0.2) is 42.6 Å². The number of carbonyl (C=O) groups excluding carboxylic acids is 2. The highest BCUT2D eigenvalue weighted by Crippen LogP contribution is 2.29. The Morgan fingerprint density at radius 2 is 1.82 bits per heavy atom. The van der Waals surface area contributed by atoms with E-state index in [2.05, 4.69) is 15.0 Å². The number of nitrogens with one attached hydrogen (secondary N) is 1. The van der Waals surface area contributed by atoms with Gasteiger partial charge < -0.3 is 19.5 Å². The molecule has 33 heavy (non-hydrogen) atoms. The molecule has 4 heterocycles.